The summed E-state index contributed by atoms with van der Waals surface area (Å²) >= 11 is 0. The summed E-state index contributed by atoms with van der Waals surface area (Å²) < 4.78 is 0. The molecular formula is C14H19N3O4. The van der Waals surface area contributed by atoms with Crippen molar-refractivity contribution in [3.63, 3.8) is 0 Å². The van der Waals surface area contributed by atoms with Crippen LogP contribution in [0.1, 0.15) is 31.1 Å². The van der Waals surface area contributed by atoms with Crippen molar-refractivity contribution in [1.29, 1.82) is 0 Å². The van der Waals surface area contributed by atoms with Gasteiger partial charge in [0.15, 0.2) is 0 Å². The topological polar surface area (TPSA) is 122 Å². The van der Waals surface area contributed by atoms with Crippen LogP contribution in [0.2, 0.25) is 0 Å². The fraction of sp³-hybridized carbons (Fsp3) is 0.357. The van der Waals surface area contributed by atoms with Gasteiger partial charge in [-0.25, -0.2) is 9.59 Å². The van der Waals surface area contributed by atoms with Crippen LogP contribution < -0.4 is 16.4 Å². The van der Waals surface area contributed by atoms with E-state index in [2.05, 4.69) is 10.6 Å². The van der Waals surface area contributed by atoms with Gasteiger partial charge in [-0.1, -0.05) is 26.8 Å². The number of hydrogen-bond acceptors (Lipinski definition) is 3. The van der Waals surface area contributed by atoms with Crippen molar-refractivity contribution in [1.82, 2.24) is 5.32 Å². The molecule has 0 saturated carbocycles. The van der Waals surface area contributed by atoms with Crippen LogP contribution in [0.5, 0.6) is 0 Å². The van der Waals surface area contributed by atoms with Crippen LogP contribution in [0.15, 0.2) is 24.3 Å². The van der Waals surface area contributed by atoms with Crippen molar-refractivity contribution in [3.05, 3.63) is 29.8 Å². The second-order valence-corrected chi connectivity index (χ2v) is 5.68. The lowest BCUT2D eigenvalue weighted by molar-refractivity contribution is -0.141. The number of amides is 3. The third-order valence-corrected chi connectivity index (χ3v) is 2.79. The SMILES string of the molecule is CC(C)(C)[C@H](NC(=O)Nc1cccc(C(N)=O)c1)C(=O)O. The molecule has 7 heteroatoms. The summed E-state index contributed by atoms with van der Waals surface area (Å²) in [7, 11) is 0. The Labute approximate surface area is 122 Å². The van der Waals surface area contributed by atoms with Crippen molar-refractivity contribution in [3.8, 4) is 0 Å². The minimum atomic E-state index is -1.12. The molecule has 0 saturated heterocycles. The Bertz CT molecular complexity index is 564. The van der Waals surface area contributed by atoms with Crippen molar-refractivity contribution in [2.45, 2.75) is 26.8 Å². The van der Waals surface area contributed by atoms with E-state index in [0.717, 1.165) is 0 Å². The van der Waals surface area contributed by atoms with E-state index in [9.17, 15) is 14.4 Å². The second kappa shape index (κ2) is 6.25. The quantitative estimate of drug-likeness (QED) is 0.670. The van der Waals surface area contributed by atoms with Gasteiger partial charge < -0.3 is 21.5 Å². The van der Waals surface area contributed by atoms with E-state index in [4.69, 9.17) is 10.8 Å². The number of carboxylic acid groups (broad SMARTS) is 1. The van der Waals surface area contributed by atoms with Crippen LogP contribution >= 0.6 is 0 Å². The first-order valence-corrected chi connectivity index (χ1v) is 6.31. The van der Waals surface area contributed by atoms with Gasteiger partial charge in [-0.2, -0.15) is 0 Å². The maximum Gasteiger partial charge on any atom is 0.326 e. The van der Waals surface area contributed by atoms with E-state index < -0.39 is 29.4 Å². The number of carbonyl (C=O) groups excluding carboxylic acids is 2. The van der Waals surface area contributed by atoms with Gasteiger partial charge in [0.05, 0.1) is 0 Å². The summed E-state index contributed by atoms with van der Waals surface area (Å²) in [4.78, 5) is 34.1. The number of urea groups is 1. The molecule has 0 unspecified atom stereocenters. The molecule has 0 aromatic heterocycles. The summed E-state index contributed by atoms with van der Waals surface area (Å²) in [5, 5.41) is 14.0. The Morgan fingerprint density at radius 3 is 2.33 bits per heavy atom. The third-order valence-electron chi connectivity index (χ3n) is 2.79. The molecule has 0 radical (unpaired) electrons. The van der Waals surface area contributed by atoms with E-state index in [1.54, 1.807) is 32.9 Å². The highest BCUT2D eigenvalue weighted by atomic mass is 16.4. The van der Waals surface area contributed by atoms with Crippen LogP contribution in [0.3, 0.4) is 0 Å². The highest BCUT2D eigenvalue weighted by molar-refractivity contribution is 5.96. The number of anilines is 1. The van der Waals surface area contributed by atoms with E-state index in [1.165, 1.54) is 12.1 Å². The molecule has 1 rings (SSSR count). The van der Waals surface area contributed by atoms with E-state index >= 15 is 0 Å². The summed E-state index contributed by atoms with van der Waals surface area (Å²) in [6.07, 6.45) is 0. The molecule has 1 aromatic carbocycles. The van der Waals surface area contributed by atoms with Crippen LogP contribution in [0, 0.1) is 5.41 Å². The van der Waals surface area contributed by atoms with Gasteiger partial charge in [0.1, 0.15) is 6.04 Å². The predicted molar refractivity (Wildman–Crippen MR) is 78.0 cm³/mol. The van der Waals surface area contributed by atoms with Gasteiger partial charge in [0, 0.05) is 11.3 Å². The molecule has 0 spiro atoms. The van der Waals surface area contributed by atoms with E-state index in [-0.39, 0.29) is 5.56 Å². The van der Waals surface area contributed by atoms with Crippen LogP contribution in [0.4, 0.5) is 10.5 Å². The standard InChI is InChI=1S/C14H19N3O4/c1-14(2,3)10(12(19)20)17-13(21)16-9-6-4-5-8(7-9)11(15)18/h4-7,10H,1-3H3,(H2,15,18)(H,19,20)(H2,16,17,21)/t10-/m1/s1. The number of carbonyl (C=O) groups is 3. The smallest absolute Gasteiger partial charge is 0.326 e. The van der Waals surface area contributed by atoms with Crippen molar-refractivity contribution >= 4 is 23.6 Å². The monoisotopic (exact) mass is 293 g/mol. The maximum atomic E-state index is 11.9. The fourth-order valence-electron chi connectivity index (χ4n) is 1.70. The lowest BCUT2D eigenvalue weighted by atomic mass is 9.87. The average molecular weight is 293 g/mol. The highest BCUT2D eigenvalue weighted by Gasteiger charge is 2.32. The Kier molecular flexibility index (Phi) is 4.91. The molecule has 0 aliphatic rings. The summed E-state index contributed by atoms with van der Waals surface area (Å²) in [6.45, 7) is 5.12. The van der Waals surface area contributed by atoms with E-state index in [0.29, 0.717) is 5.69 Å². The van der Waals surface area contributed by atoms with Gasteiger partial charge >= 0.3 is 12.0 Å². The van der Waals surface area contributed by atoms with Crippen molar-refractivity contribution < 1.29 is 19.5 Å². The molecule has 1 atom stereocenters. The van der Waals surface area contributed by atoms with Crippen LogP contribution in [-0.4, -0.2) is 29.1 Å². The van der Waals surface area contributed by atoms with Crippen LogP contribution in [0.25, 0.3) is 0 Å². The lowest BCUT2D eigenvalue weighted by Gasteiger charge is -2.27. The number of primary amides is 1. The van der Waals surface area contributed by atoms with Crippen molar-refractivity contribution in [2.75, 3.05) is 5.32 Å². The largest absolute Gasteiger partial charge is 0.480 e. The first kappa shape index (κ1) is 16.5. The number of benzene rings is 1. The molecule has 0 aliphatic heterocycles. The zero-order valence-corrected chi connectivity index (χ0v) is 12.1. The maximum absolute atomic E-state index is 11.9. The first-order valence-electron chi connectivity index (χ1n) is 6.31. The van der Waals surface area contributed by atoms with Gasteiger partial charge in [0.25, 0.3) is 0 Å². The van der Waals surface area contributed by atoms with Gasteiger partial charge in [0.2, 0.25) is 5.91 Å². The van der Waals surface area contributed by atoms with Gasteiger partial charge in [-0.05, 0) is 23.6 Å². The number of carboxylic acids is 1. The first-order chi connectivity index (χ1) is 9.61. The average Bonchev–Trinajstić information content (AvgIpc) is 2.34. The fourth-order valence-corrected chi connectivity index (χ4v) is 1.70. The third kappa shape index (κ3) is 4.79. The zero-order chi connectivity index (χ0) is 16.2. The zero-order valence-electron chi connectivity index (χ0n) is 12.1. The summed E-state index contributed by atoms with van der Waals surface area (Å²) in [5.74, 6) is -1.74. The molecule has 0 heterocycles. The number of rotatable bonds is 4. The molecule has 21 heavy (non-hydrogen) atoms. The van der Waals surface area contributed by atoms with E-state index in [1.807, 2.05) is 0 Å². The number of aliphatic carboxylic acids is 1. The minimum Gasteiger partial charge on any atom is -0.480 e. The highest BCUT2D eigenvalue weighted by Crippen LogP contribution is 2.19. The second-order valence-electron chi connectivity index (χ2n) is 5.68. The lowest BCUT2D eigenvalue weighted by Crippen LogP contribution is -2.50. The molecule has 114 valence electrons. The Hall–Kier alpha value is -2.57. The molecule has 5 N–H and O–H groups in total. The number of hydrogen-bond donors (Lipinski definition) is 4. The van der Waals surface area contributed by atoms with Gasteiger partial charge in [-0.3, -0.25) is 4.79 Å². The molecule has 3 amide bonds. The normalized spacial score (nSPS) is 12.3. The Balaban J connectivity index is 2.79. The molecule has 0 fully saturated rings. The van der Waals surface area contributed by atoms with Crippen molar-refractivity contribution in [2.24, 2.45) is 11.1 Å². The molecule has 0 bridgehead atoms. The molecule has 1 aromatic rings. The number of nitrogens with one attached hydrogen (secondary N) is 2. The Morgan fingerprint density at radius 1 is 1.24 bits per heavy atom. The van der Waals surface area contributed by atoms with Gasteiger partial charge in [-0.15, -0.1) is 0 Å². The molecular weight excluding hydrogens is 274 g/mol. The molecule has 7 nitrogen and oxygen atoms in total. The minimum absolute atomic E-state index is 0.249. The Morgan fingerprint density at radius 2 is 1.86 bits per heavy atom. The predicted octanol–water partition coefficient (Wildman–Crippen LogP) is 1.41. The van der Waals surface area contributed by atoms with Crippen LogP contribution in [-0.2, 0) is 4.79 Å². The summed E-state index contributed by atoms with van der Waals surface area (Å²) in [6, 6.07) is 4.35. The molecule has 0 aliphatic carbocycles. The number of nitrogens with two attached hydrogens (primary N) is 1. The summed E-state index contributed by atoms with van der Waals surface area (Å²) in [5.41, 5.74) is 5.10.